The van der Waals surface area contributed by atoms with Gasteiger partial charge in [0.25, 0.3) is 5.56 Å². The molecule has 0 atom stereocenters. The minimum absolute atomic E-state index is 0.339. The Morgan fingerprint density at radius 3 is 2.52 bits per heavy atom. The molecular weight excluding hydrogens is 386 g/mol. The van der Waals surface area contributed by atoms with Crippen LogP contribution in [0, 0.1) is 0 Å². The molecular formula is C21H19N5O2S. The van der Waals surface area contributed by atoms with Crippen LogP contribution in [-0.4, -0.2) is 23.1 Å². The van der Waals surface area contributed by atoms with Gasteiger partial charge in [0.15, 0.2) is 11.2 Å². The molecule has 7 nitrogen and oxygen atoms in total. The summed E-state index contributed by atoms with van der Waals surface area (Å²) in [4.78, 5) is 31.0. The second kappa shape index (κ2) is 6.59. The van der Waals surface area contributed by atoms with Gasteiger partial charge >= 0.3 is 5.69 Å². The van der Waals surface area contributed by atoms with E-state index in [0.717, 1.165) is 21.6 Å². The number of thiophene rings is 1. The number of rotatable bonds is 4. The highest BCUT2D eigenvalue weighted by atomic mass is 32.1. The molecule has 0 aliphatic heterocycles. The van der Waals surface area contributed by atoms with Crippen molar-refractivity contribution in [3.63, 3.8) is 0 Å². The van der Waals surface area contributed by atoms with E-state index in [1.54, 1.807) is 18.4 Å². The van der Waals surface area contributed by atoms with Crippen molar-refractivity contribution in [2.45, 2.75) is 13.0 Å². The van der Waals surface area contributed by atoms with Gasteiger partial charge in [-0.25, -0.2) is 4.79 Å². The molecule has 0 spiro atoms. The van der Waals surface area contributed by atoms with Crippen LogP contribution in [0.5, 0.6) is 0 Å². The van der Waals surface area contributed by atoms with Crippen molar-refractivity contribution in [3.8, 4) is 10.6 Å². The quantitative estimate of drug-likeness (QED) is 0.462. The van der Waals surface area contributed by atoms with Crippen LogP contribution in [0.15, 0.2) is 63.6 Å². The maximum absolute atomic E-state index is 12.8. The lowest BCUT2D eigenvalue weighted by Gasteiger charge is -2.08. The molecule has 1 aromatic carbocycles. The third kappa shape index (κ3) is 2.67. The minimum Gasteiger partial charge on any atom is -0.309 e. The average molecular weight is 405 g/mol. The van der Waals surface area contributed by atoms with Crippen LogP contribution >= 0.6 is 11.3 Å². The summed E-state index contributed by atoms with van der Waals surface area (Å²) >= 11 is 1.65. The summed E-state index contributed by atoms with van der Waals surface area (Å²) in [6.07, 6.45) is 2.79. The predicted octanol–water partition coefficient (Wildman–Crippen LogP) is 2.66. The van der Waals surface area contributed by atoms with Crippen LogP contribution in [0.25, 0.3) is 27.5 Å². The number of imidazole rings is 2. The molecule has 0 saturated heterocycles. The Balaban J connectivity index is 1.77. The zero-order valence-electron chi connectivity index (χ0n) is 16.1. The molecule has 0 aliphatic carbocycles. The molecule has 0 amide bonds. The normalized spacial score (nSPS) is 11.7. The van der Waals surface area contributed by atoms with Crippen LogP contribution in [0.1, 0.15) is 5.56 Å². The largest absolute Gasteiger partial charge is 0.332 e. The topological polar surface area (TPSA) is 66.2 Å². The Bertz CT molecular complexity index is 1450. The number of nitrogens with zero attached hydrogens (tertiary/aromatic N) is 5. The van der Waals surface area contributed by atoms with E-state index in [1.807, 2.05) is 40.2 Å². The van der Waals surface area contributed by atoms with Gasteiger partial charge in [0, 0.05) is 26.8 Å². The molecule has 0 aliphatic rings. The minimum atomic E-state index is -0.377. The first-order valence-electron chi connectivity index (χ1n) is 9.31. The van der Waals surface area contributed by atoms with Crippen molar-refractivity contribution >= 4 is 28.3 Å². The lowest BCUT2D eigenvalue weighted by Crippen LogP contribution is -2.37. The molecule has 146 valence electrons. The number of aromatic nitrogens is 5. The van der Waals surface area contributed by atoms with Gasteiger partial charge in [-0.05, 0) is 23.4 Å². The number of aryl methyl sites for hydroxylation is 3. The highest BCUT2D eigenvalue weighted by Gasteiger charge is 2.21. The average Bonchev–Trinajstić information content (AvgIpc) is 3.45. The first-order chi connectivity index (χ1) is 14.1. The smallest absolute Gasteiger partial charge is 0.309 e. The number of hydrogen-bond acceptors (Lipinski definition) is 4. The highest BCUT2D eigenvalue weighted by Crippen LogP contribution is 2.29. The zero-order valence-corrected chi connectivity index (χ0v) is 16.9. The maximum Gasteiger partial charge on any atom is 0.332 e. The monoisotopic (exact) mass is 405 g/mol. The summed E-state index contributed by atoms with van der Waals surface area (Å²) in [5, 5.41) is 2.04. The van der Waals surface area contributed by atoms with E-state index in [2.05, 4.69) is 22.8 Å². The molecule has 0 bridgehead atoms. The zero-order chi connectivity index (χ0) is 20.1. The van der Waals surface area contributed by atoms with Gasteiger partial charge < -0.3 is 4.57 Å². The Hall–Kier alpha value is -3.39. The Kier molecular flexibility index (Phi) is 4.02. The van der Waals surface area contributed by atoms with Gasteiger partial charge in [-0.15, -0.1) is 11.3 Å². The molecule has 0 unspecified atom stereocenters. The molecule has 5 rings (SSSR count). The molecule has 0 saturated carbocycles. The molecule has 0 radical (unpaired) electrons. The van der Waals surface area contributed by atoms with Gasteiger partial charge in [-0.3, -0.25) is 18.3 Å². The van der Waals surface area contributed by atoms with E-state index in [4.69, 9.17) is 4.98 Å². The summed E-state index contributed by atoms with van der Waals surface area (Å²) in [7, 11) is 3.14. The van der Waals surface area contributed by atoms with E-state index in [0.29, 0.717) is 23.5 Å². The van der Waals surface area contributed by atoms with Crippen molar-refractivity contribution in [2.75, 3.05) is 0 Å². The number of benzene rings is 1. The van der Waals surface area contributed by atoms with Gasteiger partial charge in [0.1, 0.15) is 0 Å². The number of fused-ring (bicyclic) bond motifs is 3. The van der Waals surface area contributed by atoms with Crippen LogP contribution in [0.4, 0.5) is 0 Å². The molecule has 0 N–H and O–H groups in total. The maximum atomic E-state index is 12.8. The predicted molar refractivity (Wildman–Crippen MR) is 115 cm³/mol. The van der Waals surface area contributed by atoms with E-state index >= 15 is 0 Å². The molecule has 0 fully saturated rings. The fourth-order valence-electron chi connectivity index (χ4n) is 3.74. The first kappa shape index (κ1) is 17.7. The fraction of sp³-hybridized carbons (Fsp3) is 0.190. The van der Waals surface area contributed by atoms with Crippen molar-refractivity contribution in [1.29, 1.82) is 0 Å². The summed E-state index contributed by atoms with van der Waals surface area (Å²) in [6.45, 7) is 0.714. The van der Waals surface area contributed by atoms with Gasteiger partial charge in [0.2, 0.25) is 5.78 Å². The lowest BCUT2D eigenvalue weighted by molar-refractivity contribution is 0.706. The number of hydrogen-bond donors (Lipinski definition) is 0. The van der Waals surface area contributed by atoms with Crippen molar-refractivity contribution in [1.82, 2.24) is 23.1 Å². The summed E-state index contributed by atoms with van der Waals surface area (Å²) in [5.41, 5.74) is 2.35. The van der Waals surface area contributed by atoms with Crippen molar-refractivity contribution in [3.05, 3.63) is 80.4 Å². The Morgan fingerprint density at radius 2 is 1.79 bits per heavy atom. The second-order valence-electron chi connectivity index (χ2n) is 7.04. The SMILES string of the molecule is Cn1c(=O)c2c(nc3n(CCc4ccccc4)c(-c4cccs4)cn23)n(C)c1=O. The molecule has 4 aromatic heterocycles. The third-order valence-corrected chi connectivity index (χ3v) is 6.19. The van der Waals surface area contributed by atoms with Crippen LogP contribution in [0.3, 0.4) is 0 Å². The van der Waals surface area contributed by atoms with Gasteiger partial charge in [0.05, 0.1) is 10.6 Å². The molecule has 8 heteroatoms. The van der Waals surface area contributed by atoms with E-state index in [9.17, 15) is 9.59 Å². The summed E-state index contributed by atoms with van der Waals surface area (Å²) < 4.78 is 6.50. The Labute approximate surface area is 169 Å². The summed E-state index contributed by atoms with van der Waals surface area (Å²) in [6, 6.07) is 14.4. The van der Waals surface area contributed by atoms with E-state index in [1.165, 1.54) is 17.2 Å². The first-order valence-corrected chi connectivity index (χ1v) is 10.2. The third-order valence-electron chi connectivity index (χ3n) is 5.30. The van der Waals surface area contributed by atoms with E-state index < -0.39 is 0 Å². The van der Waals surface area contributed by atoms with Gasteiger partial charge in [-0.1, -0.05) is 36.4 Å². The highest BCUT2D eigenvalue weighted by molar-refractivity contribution is 7.13. The van der Waals surface area contributed by atoms with E-state index in [-0.39, 0.29) is 11.2 Å². The summed E-state index contributed by atoms with van der Waals surface area (Å²) in [5.74, 6) is 0.664. The van der Waals surface area contributed by atoms with Gasteiger partial charge in [-0.2, -0.15) is 4.98 Å². The molecule has 5 aromatic rings. The standard InChI is InChI=1S/C21H19N5O2S/c1-23-18-17(19(27)24(2)21(23)28)26-13-15(16-9-6-12-29-16)25(20(26)22-18)11-10-14-7-4-3-5-8-14/h3-9,12-13H,10-11H2,1-2H3. The fourth-order valence-corrected chi connectivity index (χ4v) is 4.49. The van der Waals surface area contributed by atoms with Crippen molar-refractivity contribution < 1.29 is 0 Å². The van der Waals surface area contributed by atoms with Crippen LogP contribution in [-0.2, 0) is 27.1 Å². The molecule has 4 heterocycles. The Morgan fingerprint density at radius 1 is 1.00 bits per heavy atom. The van der Waals surface area contributed by atoms with Crippen LogP contribution < -0.4 is 11.2 Å². The van der Waals surface area contributed by atoms with Crippen molar-refractivity contribution in [2.24, 2.45) is 14.1 Å². The second-order valence-corrected chi connectivity index (χ2v) is 7.99. The molecule has 29 heavy (non-hydrogen) atoms. The lowest BCUT2D eigenvalue weighted by atomic mass is 10.1. The van der Waals surface area contributed by atoms with Crippen LogP contribution in [0.2, 0.25) is 0 Å².